The van der Waals surface area contributed by atoms with E-state index in [-0.39, 0.29) is 18.0 Å². The van der Waals surface area contributed by atoms with Gasteiger partial charge in [-0.2, -0.15) is 0 Å². The Labute approximate surface area is 160 Å². The second kappa shape index (κ2) is 7.37. The maximum absolute atomic E-state index is 11.5. The molecular formula is C20H31N5O2. The molecule has 2 fully saturated rings. The Bertz CT molecular complexity index is 769. The van der Waals surface area contributed by atoms with Crippen LogP contribution in [0.15, 0.2) is 18.6 Å². The highest BCUT2D eigenvalue weighted by molar-refractivity contribution is 5.87. The third-order valence-corrected chi connectivity index (χ3v) is 6.46. The molecule has 0 aromatic carbocycles. The first-order chi connectivity index (χ1) is 13.0. The SMILES string of the molecule is CC(O)C(CC(C)(O)C1CCCN1c1ncnc2[nH]ccc12)C1CCCN1. The van der Waals surface area contributed by atoms with E-state index in [4.69, 9.17) is 0 Å². The quantitative estimate of drug-likeness (QED) is 0.617. The largest absolute Gasteiger partial charge is 0.393 e. The molecule has 2 saturated heterocycles. The van der Waals surface area contributed by atoms with E-state index in [1.165, 1.54) is 0 Å². The van der Waals surface area contributed by atoms with Gasteiger partial charge in [0.15, 0.2) is 0 Å². The van der Waals surface area contributed by atoms with Gasteiger partial charge in [0.25, 0.3) is 0 Å². The van der Waals surface area contributed by atoms with E-state index in [1.807, 2.05) is 26.1 Å². The molecule has 148 valence electrons. The summed E-state index contributed by atoms with van der Waals surface area (Å²) in [7, 11) is 0. The van der Waals surface area contributed by atoms with Crippen molar-refractivity contribution < 1.29 is 10.2 Å². The summed E-state index contributed by atoms with van der Waals surface area (Å²) in [4.78, 5) is 14.2. The van der Waals surface area contributed by atoms with Crippen LogP contribution in [0.25, 0.3) is 11.0 Å². The maximum Gasteiger partial charge on any atom is 0.142 e. The van der Waals surface area contributed by atoms with Crippen molar-refractivity contribution in [1.82, 2.24) is 20.3 Å². The monoisotopic (exact) mass is 373 g/mol. The number of anilines is 1. The van der Waals surface area contributed by atoms with Crippen molar-refractivity contribution in [1.29, 1.82) is 0 Å². The minimum absolute atomic E-state index is 0.0202. The number of hydrogen-bond acceptors (Lipinski definition) is 6. The average molecular weight is 374 g/mol. The van der Waals surface area contributed by atoms with Crippen molar-refractivity contribution in [3.63, 3.8) is 0 Å². The van der Waals surface area contributed by atoms with Crippen LogP contribution in [0.5, 0.6) is 0 Å². The van der Waals surface area contributed by atoms with Crippen LogP contribution >= 0.6 is 0 Å². The minimum Gasteiger partial charge on any atom is -0.393 e. The third kappa shape index (κ3) is 3.56. The summed E-state index contributed by atoms with van der Waals surface area (Å²) in [6.45, 7) is 5.65. The van der Waals surface area contributed by atoms with Gasteiger partial charge in [-0.15, -0.1) is 0 Å². The summed E-state index contributed by atoms with van der Waals surface area (Å²) in [6, 6.07) is 2.26. The van der Waals surface area contributed by atoms with E-state index >= 15 is 0 Å². The van der Waals surface area contributed by atoms with Crippen LogP contribution in [-0.4, -0.2) is 62.0 Å². The molecule has 0 amide bonds. The molecule has 7 nitrogen and oxygen atoms in total. The second-order valence-corrected chi connectivity index (χ2v) is 8.46. The molecule has 5 atom stereocenters. The summed E-state index contributed by atoms with van der Waals surface area (Å²) in [5.74, 6) is 0.930. The Morgan fingerprint density at radius 1 is 1.33 bits per heavy atom. The van der Waals surface area contributed by atoms with E-state index in [1.54, 1.807) is 6.33 Å². The van der Waals surface area contributed by atoms with Crippen LogP contribution in [-0.2, 0) is 0 Å². The van der Waals surface area contributed by atoms with Gasteiger partial charge in [0.2, 0.25) is 0 Å². The predicted octanol–water partition coefficient (Wildman–Crippen LogP) is 1.82. The van der Waals surface area contributed by atoms with Gasteiger partial charge >= 0.3 is 0 Å². The zero-order valence-corrected chi connectivity index (χ0v) is 16.2. The predicted molar refractivity (Wildman–Crippen MR) is 106 cm³/mol. The van der Waals surface area contributed by atoms with E-state index in [0.717, 1.165) is 55.6 Å². The molecule has 2 aromatic rings. The van der Waals surface area contributed by atoms with Crippen molar-refractivity contribution in [3.8, 4) is 0 Å². The first-order valence-corrected chi connectivity index (χ1v) is 10.2. The molecule has 0 aliphatic carbocycles. The molecule has 0 saturated carbocycles. The molecule has 27 heavy (non-hydrogen) atoms. The number of nitrogens with one attached hydrogen (secondary N) is 2. The number of aromatic amines is 1. The minimum atomic E-state index is -0.907. The Hall–Kier alpha value is -1.70. The van der Waals surface area contributed by atoms with Crippen LogP contribution in [0.1, 0.15) is 46.0 Å². The van der Waals surface area contributed by atoms with Gasteiger partial charge in [-0.05, 0) is 58.6 Å². The first kappa shape index (κ1) is 18.7. The van der Waals surface area contributed by atoms with Crippen molar-refractivity contribution in [3.05, 3.63) is 18.6 Å². The fraction of sp³-hybridized carbons (Fsp3) is 0.700. The number of aliphatic hydroxyl groups is 2. The lowest BCUT2D eigenvalue weighted by molar-refractivity contribution is -0.0205. The summed E-state index contributed by atoms with van der Waals surface area (Å²) < 4.78 is 0. The fourth-order valence-electron chi connectivity index (χ4n) is 5.09. The van der Waals surface area contributed by atoms with Gasteiger partial charge in [0, 0.05) is 24.7 Å². The van der Waals surface area contributed by atoms with Gasteiger partial charge < -0.3 is 25.4 Å². The molecule has 0 radical (unpaired) electrons. The average Bonchev–Trinajstić information content (AvgIpc) is 3.40. The van der Waals surface area contributed by atoms with Gasteiger partial charge in [-0.1, -0.05) is 0 Å². The molecule has 2 aliphatic heterocycles. The smallest absolute Gasteiger partial charge is 0.142 e. The van der Waals surface area contributed by atoms with Crippen molar-refractivity contribution in [2.24, 2.45) is 5.92 Å². The normalized spacial score (nSPS) is 27.8. The number of aliphatic hydroxyl groups excluding tert-OH is 1. The van der Waals surface area contributed by atoms with Crippen molar-refractivity contribution in [2.75, 3.05) is 18.0 Å². The zero-order chi connectivity index (χ0) is 19.0. The lowest BCUT2D eigenvalue weighted by Gasteiger charge is -2.41. The van der Waals surface area contributed by atoms with Gasteiger partial charge in [-0.25, -0.2) is 9.97 Å². The molecular weight excluding hydrogens is 342 g/mol. The van der Waals surface area contributed by atoms with E-state index in [0.29, 0.717) is 6.42 Å². The molecule has 2 aromatic heterocycles. The molecule has 2 aliphatic rings. The van der Waals surface area contributed by atoms with Crippen molar-refractivity contribution >= 4 is 16.9 Å². The lowest BCUT2D eigenvalue weighted by atomic mass is 9.79. The van der Waals surface area contributed by atoms with Crippen LogP contribution in [0.3, 0.4) is 0 Å². The molecule has 0 bridgehead atoms. The summed E-state index contributed by atoms with van der Waals surface area (Å²) >= 11 is 0. The lowest BCUT2D eigenvalue weighted by Crippen LogP contribution is -2.52. The molecule has 7 heteroatoms. The standard InChI is InChI=1S/C20H31N5O2/c1-13(26)15(16-5-3-8-21-16)11-20(2,27)17-6-4-10-25(17)19-14-7-9-22-18(14)23-12-24-19/h7,9,12-13,15-17,21,26-27H,3-6,8,10-11H2,1-2H3,(H,22,23,24). The zero-order valence-electron chi connectivity index (χ0n) is 16.2. The van der Waals surface area contributed by atoms with Crippen LogP contribution in [0, 0.1) is 5.92 Å². The van der Waals surface area contributed by atoms with Gasteiger partial charge in [0.1, 0.15) is 17.8 Å². The van der Waals surface area contributed by atoms with E-state index < -0.39 is 11.7 Å². The number of hydrogen-bond donors (Lipinski definition) is 4. The van der Waals surface area contributed by atoms with Crippen LogP contribution < -0.4 is 10.2 Å². The van der Waals surface area contributed by atoms with Gasteiger partial charge in [-0.3, -0.25) is 0 Å². The number of rotatable bonds is 6. The first-order valence-electron chi connectivity index (χ1n) is 10.2. The summed E-state index contributed by atoms with van der Waals surface area (Å²) in [5.41, 5.74) is -0.0852. The van der Waals surface area contributed by atoms with E-state index in [9.17, 15) is 10.2 Å². The molecule has 4 N–H and O–H groups in total. The Kier molecular flexibility index (Phi) is 5.09. The number of nitrogens with zero attached hydrogens (tertiary/aromatic N) is 3. The fourth-order valence-corrected chi connectivity index (χ4v) is 5.09. The van der Waals surface area contributed by atoms with Gasteiger partial charge in [0.05, 0.1) is 23.1 Å². The highest BCUT2D eigenvalue weighted by atomic mass is 16.3. The topological polar surface area (TPSA) is 97.3 Å². The summed E-state index contributed by atoms with van der Waals surface area (Å²) in [6.07, 6.45) is 7.74. The molecule has 4 rings (SSSR count). The van der Waals surface area contributed by atoms with Crippen LogP contribution in [0.4, 0.5) is 5.82 Å². The van der Waals surface area contributed by atoms with Crippen LogP contribution in [0.2, 0.25) is 0 Å². The summed E-state index contributed by atoms with van der Waals surface area (Å²) in [5, 5.41) is 26.4. The molecule has 0 spiro atoms. The maximum atomic E-state index is 11.5. The second-order valence-electron chi connectivity index (χ2n) is 8.46. The highest BCUT2D eigenvalue weighted by Gasteiger charge is 2.44. The number of fused-ring (bicyclic) bond motifs is 1. The Morgan fingerprint density at radius 3 is 2.93 bits per heavy atom. The number of aromatic nitrogens is 3. The molecule has 5 unspecified atom stereocenters. The molecule has 4 heterocycles. The van der Waals surface area contributed by atoms with Crippen molar-refractivity contribution in [2.45, 2.75) is 69.7 Å². The highest BCUT2D eigenvalue weighted by Crippen LogP contribution is 2.38. The Balaban J connectivity index is 1.59. The van der Waals surface area contributed by atoms with E-state index in [2.05, 4.69) is 25.2 Å². The third-order valence-electron chi connectivity index (χ3n) is 6.46. The number of H-pyrrole nitrogens is 1. The Morgan fingerprint density at radius 2 is 2.19 bits per heavy atom.